The molecular weight excluding hydrogens is 214 g/mol. The lowest BCUT2D eigenvalue weighted by molar-refractivity contribution is 0.170. The Morgan fingerprint density at radius 2 is 2.12 bits per heavy atom. The first-order chi connectivity index (χ1) is 8.19. The highest BCUT2D eigenvalue weighted by molar-refractivity contribution is 5.38. The van der Waals surface area contributed by atoms with Crippen LogP contribution in [0.2, 0.25) is 0 Å². The fourth-order valence-corrected chi connectivity index (χ4v) is 2.03. The van der Waals surface area contributed by atoms with Gasteiger partial charge in [-0.3, -0.25) is 0 Å². The molecule has 1 aliphatic rings. The van der Waals surface area contributed by atoms with E-state index in [9.17, 15) is 5.11 Å². The van der Waals surface area contributed by atoms with Gasteiger partial charge in [0.05, 0.1) is 19.3 Å². The van der Waals surface area contributed by atoms with Crippen molar-refractivity contribution in [3.05, 3.63) is 29.8 Å². The monoisotopic (exact) mass is 235 g/mol. The zero-order valence-electron chi connectivity index (χ0n) is 10.6. The first-order valence-electron chi connectivity index (χ1n) is 6.19. The molecule has 3 nitrogen and oxygen atoms in total. The number of nitrogens with one attached hydrogen (secondary N) is 1. The maximum Gasteiger partial charge on any atom is 0.123 e. The second-order valence-electron chi connectivity index (χ2n) is 5.01. The molecule has 0 aliphatic heterocycles. The van der Waals surface area contributed by atoms with Gasteiger partial charge in [-0.15, -0.1) is 0 Å². The minimum Gasteiger partial charge on any atom is -0.496 e. The van der Waals surface area contributed by atoms with Crippen molar-refractivity contribution in [1.29, 1.82) is 0 Å². The van der Waals surface area contributed by atoms with Crippen LogP contribution in [-0.2, 0) is 5.54 Å². The molecule has 1 fully saturated rings. The van der Waals surface area contributed by atoms with E-state index in [-0.39, 0.29) is 6.61 Å². The van der Waals surface area contributed by atoms with Gasteiger partial charge in [0.15, 0.2) is 0 Å². The molecule has 0 radical (unpaired) electrons. The van der Waals surface area contributed by atoms with Crippen LogP contribution in [0.15, 0.2) is 24.3 Å². The first-order valence-corrected chi connectivity index (χ1v) is 6.19. The van der Waals surface area contributed by atoms with Gasteiger partial charge in [0.25, 0.3) is 0 Å². The minimum atomic E-state index is -0.421. The molecule has 0 aromatic heterocycles. The van der Waals surface area contributed by atoms with E-state index in [1.807, 2.05) is 31.2 Å². The number of hydrogen-bond donors (Lipinski definition) is 2. The number of benzene rings is 1. The predicted octanol–water partition coefficient (Wildman–Crippen LogP) is 1.90. The molecule has 0 heterocycles. The summed E-state index contributed by atoms with van der Waals surface area (Å²) in [6, 6.07) is 7.86. The van der Waals surface area contributed by atoms with Gasteiger partial charge < -0.3 is 15.2 Å². The van der Waals surface area contributed by atoms with Crippen LogP contribution in [0.3, 0.4) is 0 Å². The summed E-state index contributed by atoms with van der Waals surface area (Å²) in [4.78, 5) is 0. The average Bonchev–Trinajstić information content (AvgIpc) is 3.20. The van der Waals surface area contributed by atoms with Gasteiger partial charge in [-0.05, 0) is 38.3 Å². The normalized spacial score (nSPS) is 18.8. The highest BCUT2D eigenvalue weighted by Crippen LogP contribution is 2.32. The van der Waals surface area contributed by atoms with Crippen LogP contribution in [0.4, 0.5) is 0 Å². The minimum absolute atomic E-state index is 0.0695. The summed E-state index contributed by atoms with van der Waals surface area (Å²) < 4.78 is 5.36. The van der Waals surface area contributed by atoms with Crippen molar-refractivity contribution in [2.75, 3.05) is 20.3 Å². The van der Waals surface area contributed by atoms with Crippen molar-refractivity contribution in [2.24, 2.45) is 5.92 Å². The highest BCUT2D eigenvalue weighted by atomic mass is 16.5. The molecule has 1 saturated carbocycles. The standard InChI is InChI=1S/C14H21NO2/c1-14(10-16,15-9-11-7-8-11)12-5-3-4-6-13(12)17-2/h3-6,11,15-16H,7-10H2,1-2H3. The smallest absolute Gasteiger partial charge is 0.123 e. The molecule has 0 spiro atoms. The van der Waals surface area contributed by atoms with Gasteiger partial charge in [0.2, 0.25) is 0 Å². The molecule has 0 saturated heterocycles. The van der Waals surface area contributed by atoms with E-state index >= 15 is 0 Å². The Bertz CT molecular complexity index is 376. The van der Waals surface area contributed by atoms with Crippen LogP contribution in [0.25, 0.3) is 0 Å². The Hall–Kier alpha value is -1.06. The summed E-state index contributed by atoms with van der Waals surface area (Å²) in [6.45, 7) is 3.06. The number of methoxy groups -OCH3 is 1. The second kappa shape index (κ2) is 5.07. The first kappa shape index (κ1) is 12.4. The molecule has 2 N–H and O–H groups in total. The third kappa shape index (κ3) is 2.79. The Morgan fingerprint density at radius 3 is 2.71 bits per heavy atom. The van der Waals surface area contributed by atoms with E-state index in [0.29, 0.717) is 0 Å². The lowest BCUT2D eigenvalue weighted by Crippen LogP contribution is -2.44. The largest absolute Gasteiger partial charge is 0.496 e. The van der Waals surface area contributed by atoms with Crippen LogP contribution in [0, 0.1) is 5.92 Å². The fourth-order valence-electron chi connectivity index (χ4n) is 2.03. The van der Waals surface area contributed by atoms with Crippen LogP contribution in [-0.4, -0.2) is 25.4 Å². The van der Waals surface area contributed by atoms with Crippen molar-refractivity contribution in [2.45, 2.75) is 25.3 Å². The molecule has 1 aromatic rings. The molecule has 3 heteroatoms. The van der Waals surface area contributed by atoms with E-state index in [1.165, 1.54) is 12.8 Å². The van der Waals surface area contributed by atoms with Crippen LogP contribution >= 0.6 is 0 Å². The molecular formula is C14H21NO2. The molecule has 2 rings (SSSR count). The van der Waals surface area contributed by atoms with Crippen molar-refractivity contribution < 1.29 is 9.84 Å². The Morgan fingerprint density at radius 1 is 1.41 bits per heavy atom. The van der Waals surface area contributed by atoms with E-state index in [1.54, 1.807) is 7.11 Å². The van der Waals surface area contributed by atoms with E-state index in [2.05, 4.69) is 5.32 Å². The van der Waals surface area contributed by atoms with Gasteiger partial charge in [0, 0.05) is 5.56 Å². The molecule has 1 aromatic carbocycles. The summed E-state index contributed by atoms with van der Waals surface area (Å²) >= 11 is 0. The van der Waals surface area contributed by atoms with Gasteiger partial charge in [-0.2, -0.15) is 0 Å². The Labute approximate surface area is 103 Å². The number of aliphatic hydroxyl groups is 1. The lowest BCUT2D eigenvalue weighted by atomic mass is 9.91. The topological polar surface area (TPSA) is 41.5 Å². The molecule has 0 bridgehead atoms. The zero-order valence-corrected chi connectivity index (χ0v) is 10.6. The van der Waals surface area contributed by atoms with Crippen LogP contribution in [0.5, 0.6) is 5.75 Å². The van der Waals surface area contributed by atoms with Gasteiger partial charge >= 0.3 is 0 Å². The quantitative estimate of drug-likeness (QED) is 0.791. The summed E-state index contributed by atoms with van der Waals surface area (Å²) in [5.74, 6) is 1.61. The molecule has 1 aliphatic carbocycles. The number of aliphatic hydroxyl groups excluding tert-OH is 1. The summed E-state index contributed by atoms with van der Waals surface area (Å²) in [5.41, 5.74) is 0.598. The number of para-hydroxylation sites is 1. The average molecular weight is 235 g/mol. The Balaban J connectivity index is 2.18. The number of rotatable bonds is 6. The molecule has 1 atom stereocenters. The van der Waals surface area contributed by atoms with Gasteiger partial charge in [-0.1, -0.05) is 18.2 Å². The highest BCUT2D eigenvalue weighted by Gasteiger charge is 2.31. The van der Waals surface area contributed by atoms with E-state index in [4.69, 9.17) is 4.74 Å². The van der Waals surface area contributed by atoms with Gasteiger partial charge in [-0.25, -0.2) is 0 Å². The van der Waals surface area contributed by atoms with Crippen molar-refractivity contribution in [3.63, 3.8) is 0 Å². The van der Waals surface area contributed by atoms with Gasteiger partial charge in [0.1, 0.15) is 5.75 Å². The Kier molecular flexibility index (Phi) is 3.69. The van der Waals surface area contributed by atoms with Crippen molar-refractivity contribution in [1.82, 2.24) is 5.32 Å². The summed E-state index contributed by atoms with van der Waals surface area (Å²) in [5, 5.41) is 13.1. The third-order valence-electron chi connectivity index (χ3n) is 3.50. The summed E-state index contributed by atoms with van der Waals surface area (Å²) in [7, 11) is 1.66. The van der Waals surface area contributed by atoms with E-state index < -0.39 is 5.54 Å². The number of hydrogen-bond acceptors (Lipinski definition) is 3. The van der Waals surface area contributed by atoms with Crippen molar-refractivity contribution in [3.8, 4) is 5.75 Å². The lowest BCUT2D eigenvalue weighted by Gasteiger charge is -2.31. The van der Waals surface area contributed by atoms with E-state index in [0.717, 1.165) is 23.8 Å². The predicted molar refractivity (Wildman–Crippen MR) is 68.2 cm³/mol. The van der Waals surface area contributed by atoms with Crippen LogP contribution in [0.1, 0.15) is 25.3 Å². The molecule has 94 valence electrons. The second-order valence-corrected chi connectivity index (χ2v) is 5.01. The number of ether oxygens (including phenoxy) is 1. The third-order valence-corrected chi connectivity index (χ3v) is 3.50. The van der Waals surface area contributed by atoms with Crippen LogP contribution < -0.4 is 10.1 Å². The SMILES string of the molecule is COc1ccccc1C(C)(CO)NCC1CC1. The molecule has 1 unspecified atom stereocenters. The van der Waals surface area contributed by atoms with Crippen molar-refractivity contribution >= 4 is 0 Å². The fraction of sp³-hybridized carbons (Fsp3) is 0.571. The summed E-state index contributed by atoms with van der Waals surface area (Å²) in [6.07, 6.45) is 2.61. The zero-order chi connectivity index (χ0) is 12.3. The molecule has 17 heavy (non-hydrogen) atoms. The maximum atomic E-state index is 9.67. The molecule has 0 amide bonds. The maximum absolute atomic E-state index is 9.67.